The molecule has 0 spiro atoms. The first kappa shape index (κ1) is 17.1. The van der Waals surface area contributed by atoms with E-state index in [4.69, 9.17) is 15.7 Å². The van der Waals surface area contributed by atoms with Crippen molar-refractivity contribution in [1.82, 2.24) is 0 Å². The van der Waals surface area contributed by atoms with Crippen LogP contribution in [0.5, 0.6) is 0 Å². The van der Waals surface area contributed by atoms with Crippen molar-refractivity contribution < 1.29 is 14.7 Å². The molecule has 0 heterocycles. The Kier molecular flexibility index (Phi) is 7.79. The lowest BCUT2D eigenvalue weighted by atomic mass is 10.1. The number of rotatable bonds is 8. The highest BCUT2D eigenvalue weighted by Crippen LogP contribution is 2.16. The van der Waals surface area contributed by atoms with Gasteiger partial charge >= 0.3 is 5.97 Å². The molecule has 0 aliphatic rings. The molecule has 1 aromatic carbocycles. The van der Waals surface area contributed by atoms with Gasteiger partial charge in [-0.3, -0.25) is 4.79 Å². The summed E-state index contributed by atoms with van der Waals surface area (Å²) >= 11 is 6.66. The summed E-state index contributed by atoms with van der Waals surface area (Å²) in [5.41, 5.74) is 7.14. The number of nitrogens with two attached hydrogens (primary N) is 1. The van der Waals surface area contributed by atoms with Crippen molar-refractivity contribution in [3.05, 3.63) is 35.9 Å². The Morgan fingerprint density at radius 2 is 2.00 bits per heavy atom. The van der Waals surface area contributed by atoms with Gasteiger partial charge in [-0.1, -0.05) is 67.3 Å². The van der Waals surface area contributed by atoms with Gasteiger partial charge in [-0.2, -0.15) is 0 Å². The first-order chi connectivity index (χ1) is 9.50. The molecule has 0 amide bonds. The van der Waals surface area contributed by atoms with E-state index in [1.165, 1.54) is 0 Å². The molecule has 0 bridgehead atoms. The Morgan fingerprint density at radius 1 is 1.35 bits per heavy atom. The molecule has 3 N–H and O–H groups in total. The number of carbonyl (C=O) groups is 1. The molecule has 0 saturated carbocycles. The Labute approximate surface area is 134 Å². The monoisotopic (exact) mass is 406 g/mol. The molecule has 110 valence electrons. The molecule has 1 rings (SSSR count). The maximum absolute atomic E-state index is 10.7. The summed E-state index contributed by atoms with van der Waals surface area (Å²) in [5.74, 6) is -1.02. The van der Waals surface area contributed by atoms with Crippen molar-refractivity contribution in [1.29, 1.82) is 0 Å². The molecule has 0 saturated heterocycles. The third-order valence-electron chi connectivity index (χ3n) is 2.54. The number of alkyl halides is 2. The van der Waals surface area contributed by atoms with Gasteiger partial charge in [0.05, 0.1) is 5.71 Å². The normalized spacial score (nSPS) is 13.3. The molecule has 0 aromatic heterocycles. The summed E-state index contributed by atoms with van der Waals surface area (Å²) in [6.45, 7) is 0.363. The van der Waals surface area contributed by atoms with Gasteiger partial charge < -0.3 is 15.7 Å². The molecule has 0 aliphatic carbocycles. The third-order valence-corrected chi connectivity index (χ3v) is 3.59. The van der Waals surface area contributed by atoms with E-state index in [9.17, 15) is 4.79 Å². The van der Waals surface area contributed by atoms with Gasteiger partial charge in [-0.25, -0.2) is 0 Å². The molecule has 20 heavy (non-hydrogen) atoms. The fourth-order valence-corrected chi connectivity index (χ4v) is 2.01. The van der Waals surface area contributed by atoms with Crippen molar-refractivity contribution >= 4 is 43.5 Å². The van der Waals surface area contributed by atoms with E-state index >= 15 is 0 Å². The van der Waals surface area contributed by atoms with Gasteiger partial charge in [0.15, 0.2) is 0 Å². The number of nitrogens with zero attached hydrogens (tertiary/aromatic N) is 1. The minimum absolute atomic E-state index is 0.174. The molecule has 1 atom stereocenters. The van der Waals surface area contributed by atoms with Crippen LogP contribution in [0.1, 0.15) is 18.4 Å². The van der Waals surface area contributed by atoms with Crippen LogP contribution in [-0.2, 0) is 16.2 Å². The molecule has 0 radical (unpaired) electrons. The zero-order valence-corrected chi connectivity index (χ0v) is 13.9. The summed E-state index contributed by atoms with van der Waals surface area (Å²) in [6, 6.07) is 8.76. The molecule has 0 aliphatic heterocycles. The smallest absolute Gasteiger partial charge is 0.320 e. The lowest BCUT2D eigenvalue weighted by Crippen LogP contribution is -2.31. The standard InChI is InChI=1S/C13H16Br2N2O3/c14-12(15)11(7-6-10(16)13(18)19)17-20-8-9-4-2-1-3-5-9/h1-5,10,12H,6-8,16H2,(H,18,19)/t10-/m0/s1. The highest BCUT2D eigenvalue weighted by atomic mass is 79.9. The number of oxime groups is 1. The summed E-state index contributed by atoms with van der Waals surface area (Å²) < 4.78 is -0.174. The Morgan fingerprint density at radius 3 is 2.55 bits per heavy atom. The van der Waals surface area contributed by atoms with E-state index in [0.29, 0.717) is 25.2 Å². The van der Waals surface area contributed by atoms with Crippen LogP contribution in [0.25, 0.3) is 0 Å². The van der Waals surface area contributed by atoms with Crippen LogP contribution in [0, 0.1) is 0 Å². The molecular weight excluding hydrogens is 392 g/mol. The maximum Gasteiger partial charge on any atom is 0.320 e. The molecule has 7 heteroatoms. The van der Waals surface area contributed by atoms with Crippen LogP contribution in [0.4, 0.5) is 0 Å². The zero-order chi connectivity index (χ0) is 15.0. The fraction of sp³-hybridized carbons (Fsp3) is 0.385. The average molecular weight is 408 g/mol. The molecule has 1 aromatic rings. The van der Waals surface area contributed by atoms with Crippen LogP contribution < -0.4 is 5.73 Å². The van der Waals surface area contributed by atoms with Crippen molar-refractivity contribution in [2.45, 2.75) is 29.2 Å². The van der Waals surface area contributed by atoms with E-state index < -0.39 is 12.0 Å². The largest absolute Gasteiger partial charge is 0.480 e. The number of carboxylic acids is 1. The minimum atomic E-state index is -1.02. The van der Waals surface area contributed by atoms with Crippen molar-refractivity contribution in [2.24, 2.45) is 10.9 Å². The van der Waals surface area contributed by atoms with E-state index in [-0.39, 0.29) is 3.74 Å². The van der Waals surface area contributed by atoms with E-state index in [2.05, 4.69) is 37.0 Å². The van der Waals surface area contributed by atoms with Crippen molar-refractivity contribution in [2.75, 3.05) is 0 Å². The van der Waals surface area contributed by atoms with Crippen LogP contribution in [-0.4, -0.2) is 26.6 Å². The molecule has 5 nitrogen and oxygen atoms in total. The van der Waals surface area contributed by atoms with E-state index in [1.54, 1.807) is 0 Å². The van der Waals surface area contributed by atoms with Crippen LogP contribution in [0.15, 0.2) is 35.5 Å². The number of hydrogen-bond donors (Lipinski definition) is 2. The number of hydrogen-bond acceptors (Lipinski definition) is 4. The number of halogens is 2. The highest BCUT2D eigenvalue weighted by Gasteiger charge is 2.16. The second kappa shape index (κ2) is 9.10. The quantitative estimate of drug-likeness (QED) is 0.394. The number of carboxylic acid groups (broad SMARTS) is 1. The topological polar surface area (TPSA) is 84.9 Å². The van der Waals surface area contributed by atoms with Crippen LogP contribution >= 0.6 is 31.9 Å². The maximum atomic E-state index is 10.7. The molecule has 0 fully saturated rings. The SMILES string of the molecule is N[C@@H](CCC(=NOCc1ccccc1)C(Br)Br)C(=O)O. The van der Waals surface area contributed by atoms with Gasteiger partial charge in [-0.15, -0.1) is 0 Å². The van der Waals surface area contributed by atoms with Crippen LogP contribution in [0.2, 0.25) is 0 Å². The summed E-state index contributed by atoms with van der Waals surface area (Å²) in [5, 5.41) is 12.8. The molecule has 0 unspecified atom stereocenters. The predicted octanol–water partition coefficient (Wildman–Crippen LogP) is 2.87. The number of aliphatic carboxylic acids is 1. The van der Waals surface area contributed by atoms with Gasteiger partial charge in [0.1, 0.15) is 16.4 Å². The van der Waals surface area contributed by atoms with Crippen LogP contribution in [0.3, 0.4) is 0 Å². The number of benzene rings is 1. The highest BCUT2D eigenvalue weighted by molar-refractivity contribution is 9.25. The van der Waals surface area contributed by atoms with Gasteiger partial charge in [0.2, 0.25) is 0 Å². The second-order valence-corrected chi connectivity index (χ2v) is 7.19. The predicted molar refractivity (Wildman–Crippen MR) is 85.2 cm³/mol. The Bertz CT molecular complexity index is 452. The first-order valence-electron chi connectivity index (χ1n) is 6.00. The first-order valence-corrected chi connectivity index (χ1v) is 7.83. The molecular formula is C13H16Br2N2O3. The Hall–Kier alpha value is -0.920. The van der Waals surface area contributed by atoms with Gasteiger partial charge in [0.25, 0.3) is 0 Å². The van der Waals surface area contributed by atoms with Crippen molar-refractivity contribution in [3.8, 4) is 0 Å². The fourth-order valence-electron chi connectivity index (χ4n) is 1.39. The summed E-state index contributed by atoms with van der Waals surface area (Å²) in [7, 11) is 0. The second-order valence-electron chi connectivity index (χ2n) is 4.13. The third kappa shape index (κ3) is 6.49. The van der Waals surface area contributed by atoms with Gasteiger partial charge in [-0.05, 0) is 18.4 Å². The van der Waals surface area contributed by atoms with Crippen molar-refractivity contribution in [3.63, 3.8) is 0 Å². The zero-order valence-electron chi connectivity index (χ0n) is 10.7. The lowest BCUT2D eigenvalue weighted by Gasteiger charge is -2.10. The minimum Gasteiger partial charge on any atom is -0.480 e. The van der Waals surface area contributed by atoms with Gasteiger partial charge in [0, 0.05) is 0 Å². The summed E-state index contributed by atoms with van der Waals surface area (Å²) in [6.07, 6.45) is 0.736. The average Bonchev–Trinajstić information content (AvgIpc) is 2.42. The Balaban J connectivity index is 2.49. The van der Waals surface area contributed by atoms with E-state index in [0.717, 1.165) is 5.56 Å². The lowest BCUT2D eigenvalue weighted by molar-refractivity contribution is -0.138. The summed E-state index contributed by atoms with van der Waals surface area (Å²) in [4.78, 5) is 15.9. The van der Waals surface area contributed by atoms with E-state index in [1.807, 2.05) is 30.3 Å².